The number of ether oxygens (including phenoxy) is 2. The zero-order chi connectivity index (χ0) is 13.8. The fourth-order valence-electron chi connectivity index (χ4n) is 2.56. The Labute approximate surface area is 123 Å². The number of methoxy groups -OCH3 is 1. The van der Waals surface area contributed by atoms with Crippen LogP contribution in [-0.2, 0) is 4.74 Å². The molecule has 5 heteroatoms. The van der Waals surface area contributed by atoms with Gasteiger partial charge in [-0.3, -0.25) is 4.90 Å². The lowest BCUT2D eigenvalue weighted by atomic mass is 10.0. The monoisotopic (exact) mass is 328 g/mol. The van der Waals surface area contributed by atoms with Crippen LogP contribution in [0.1, 0.15) is 18.5 Å². The predicted molar refractivity (Wildman–Crippen MR) is 79.5 cm³/mol. The molecule has 2 atom stereocenters. The molecule has 1 aliphatic rings. The van der Waals surface area contributed by atoms with Gasteiger partial charge in [-0.25, -0.2) is 0 Å². The Kier molecular flexibility index (Phi) is 5.21. The van der Waals surface area contributed by atoms with Gasteiger partial charge in [0.1, 0.15) is 5.75 Å². The maximum Gasteiger partial charge on any atom is 0.133 e. The number of rotatable bonds is 4. The van der Waals surface area contributed by atoms with Gasteiger partial charge in [0.2, 0.25) is 0 Å². The summed E-state index contributed by atoms with van der Waals surface area (Å²) in [6.45, 7) is 5.25. The number of halogens is 1. The minimum absolute atomic E-state index is 0.223. The Balaban J connectivity index is 2.23. The van der Waals surface area contributed by atoms with Crippen molar-refractivity contribution in [2.24, 2.45) is 5.73 Å². The van der Waals surface area contributed by atoms with Gasteiger partial charge in [0, 0.05) is 25.2 Å². The highest BCUT2D eigenvalue weighted by Crippen LogP contribution is 2.31. The van der Waals surface area contributed by atoms with Crippen molar-refractivity contribution >= 4 is 15.9 Å². The van der Waals surface area contributed by atoms with Crippen LogP contribution in [0, 0.1) is 0 Å². The number of nitrogens with two attached hydrogens (primary N) is 1. The average Bonchev–Trinajstić information content (AvgIpc) is 2.42. The van der Waals surface area contributed by atoms with Gasteiger partial charge in [0.15, 0.2) is 0 Å². The maximum absolute atomic E-state index is 5.99. The summed E-state index contributed by atoms with van der Waals surface area (Å²) in [5.41, 5.74) is 7.20. The molecule has 1 aliphatic heterocycles. The highest BCUT2D eigenvalue weighted by atomic mass is 79.9. The van der Waals surface area contributed by atoms with Crippen molar-refractivity contribution in [2.45, 2.75) is 19.0 Å². The van der Waals surface area contributed by atoms with E-state index in [0.717, 1.165) is 30.0 Å². The molecule has 0 aliphatic carbocycles. The van der Waals surface area contributed by atoms with Crippen molar-refractivity contribution < 1.29 is 9.47 Å². The summed E-state index contributed by atoms with van der Waals surface area (Å²) < 4.78 is 11.7. The quantitative estimate of drug-likeness (QED) is 0.920. The number of benzene rings is 1. The Bertz CT molecular complexity index is 428. The molecule has 1 saturated heterocycles. The molecule has 1 aromatic rings. The second-order valence-corrected chi connectivity index (χ2v) is 5.66. The van der Waals surface area contributed by atoms with Crippen molar-refractivity contribution in [3.05, 3.63) is 28.2 Å². The summed E-state index contributed by atoms with van der Waals surface area (Å²) in [5, 5.41) is 0. The van der Waals surface area contributed by atoms with Crippen molar-refractivity contribution in [3.8, 4) is 5.75 Å². The van der Waals surface area contributed by atoms with E-state index in [9.17, 15) is 0 Å². The molecular formula is C14H21BrN2O2. The molecule has 106 valence electrons. The minimum Gasteiger partial charge on any atom is -0.496 e. The van der Waals surface area contributed by atoms with Crippen LogP contribution in [-0.4, -0.2) is 44.4 Å². The van der Waals surface area contributed by atoms with E-state index in [-0.39, 0.29) is 6.04 Å². The Morgan fingerprint density at radius 3 is 2.95 bits per heavy atom. The summed E-state index contributed by atoms with van der Waals surface area (Å²) in [5.74, 6) is 0.842. The second kappa shape index (κ2) is 6.70. The molecule has 0 spiro atoms. The molecule has 0 saturated carbocycles. The highest BCUT2D eigenvalue weighted by Gasteiger charge is 2.27. The van der Waals surface area contributed by atoms with Gasteiger partial charge in [-0.05, 0) is 40.5 Å². The third-order valence-corrected chi connectivity index (χ3v) is 4.22. The van der Waals surface area contributed by atoms with Crippen molar-refractivity contribution in [1.82, 2.24) is 4.90 Å². The summed E-state index contributed by atoms with van der Waals surface area (Å²) in [6, 6.07) is 6.78. The first-order valence-corrected chi connectivity index (χ1v) is 7.33. The molecule has 2 N–H and O–H groups in total. The van der Waals surface area contributed by atoms with Gasteiger partial charge < -0.3 is 15.2 Å². The summed E-state index contributed by atoms with van der Waals surface area (Å²) >= 11 is 3.53. The molecule has 0 amide bonds. The number of nitrogens with zero attached hydrogens (tertiary/aromatic N) is 1. The van der Waals surface area contributed by atoms with E-state index >= 15 is 0 Å². The maximum atomic E-state index is 5.99. The lowest BCUT2D eigenvalue weighted by Gasteiger charge is -2.39. The molecule has 0 bridgehead atoms. The Morgan fingerprint density at radius 2 is 2.37 bits per heavy atom. The van der Waals surface area contributed by atoms with Crippen LogP contribution in [0.25, 0.3) is 0 Å². The van der Waals surface area contributed by atoms with E-state index in [2.05, 4.69) is 39.9 Å². The largest absolute Gasteiger partial charge is 0.496 e. The van der Waals surface area contributed by atoms with Gasteiger partial charge in [0.05, 0.1) is 24.8 Å². The molecule has 4 nitrogen and oxygen atoms in total. The first-order chi connectivity index (χ1) is 9.17. The number of hydrogen-bond donors (Lipinski definition) is 1. The van der Waals surface area contributed by atoms with E-state index in [0.29, 0.717) is 12.6 Å². The fraction of sp³-hybridized carbons (Fsp3) is 0.571. The standard InChI is InChI=1S/C14H21BrN2O2/c1-10-9-19-6-5-17(10)13(8-16)11-3-4-14(18-2)12(15)7-11/h3-4,7,10,13H,5-6,8-9,16H2,1-2H3. The summed E-state index contributed by atoms with van der Waals surface area (Å²) in [7, 11) is 1.67. The van der Waals surface area contributed by atoms with Crippen LogP contribution >= 0.6 is 15.9 Å². The van der Waals surface area contributed by atoms with Crippen LogP contribution in [0.4, 0.5) is 0 Å². The smallest absolute Gasteiger partial charge is 0.133 e. The minimum atomic E-state index is 0.223. The number of morpholine rings is 1. The molecule has 19 heavy (non-hydrogen) atoms. The van der Waals surface area contributed by atoms with Gasteiger partial charge in [-0.2, -0.15) is 0 Å². The lowest BCUT2D eigenvalue weighted by molar-refractivity contribution is -0.0209. The molecule has 2 unspecified atom stereocenters. The van der Waals surface area contributed by atoms with Gasteiger partial charge in [0.25, 0.3) is 0 Å². The number of hydrogen-bond acceptors (Lipinski definition) is 4. The molecular weight excluding hydrogens is 308 g/mol. The van der Waals surface area contributed by atoms with Crippen molar-refractivity contribution in [3.63, 3.8) is 0 Å². The second-order valence-electron chi connectivity index (χ2n) is 4.81. The Hall–Kier alpha value is -0.620. The van der Waals surface area contributed by atoms with Crippen molar-refractivity contribution in [1.29, 1.82) is 0 Å². The third-order valence-electron chi connectivity index (χ3n) is 3.60. The SMILES string of the molecule is COc1ccc(C(CN)N2CCOCC2C)cc1Br. The van der Waals surface area contributed by atoms with Gasteiger partial charge >= 0.3 is 0 Å². The molecule has 2 rings (SSSR count). The van der Waals surface area contributed by atoms with Crippen LogP contribution in [0.2, 0.25) is 0 Å². The molecule has 0 aromatic heterocycles. The average molecular weight is 329 g/mol. The van der Waals surface area contributed by atoms with E-state index in [1.165, 1.54) is 5.56 Å². The van der Waals surface area contributed by atoms with Crippen LogP contribution in [0.15, 0.2) is 22.7 Å². The molecule has 1 aromatic carbocycles. The summed E-state index contributed by atoms with van der Waals surface area (Å²) in [6.07, 6.45) is 0. The Morgan fingerprint density at radius 1 is 1.58 bits per heavy atom. The molecule has 1 fully saturated rings. The topological polar surface area (TPSA) is 47.7 Å². The normalized spacial score (nSPS) is 22.2. The van der Waals surface area contributed by atoms with E-state index in [4.69, 9.17) is 15.2 Å². The first-order valence-electron chi connectivity index (χ1n) is 6.54. The predicted octanol–water partition coefficient (Wildman–Crippen LogP) is 2.18. The van der Waals surface area contributed by atoms with Crippen molar-refractivity contribution in [2.75, 3.05) is 33.4 Å². The van der Waals surface area contributed by atoms with Crippen LogP contribution in [0.3, 0.4) is 0 Å². The fourth-order valence-corrected chi connectivity index (χ4v) is 3.11. The van der Waals surface area contributed by atoms with E-state index in [1.807, 2.05) is 6.07 Å². The van der Waals surface area contributed by atoms with E-state index < -0.39 is 0 Å². The van der Waals surface area contributed by atoms with Gasteiger partial charge in [-0.15, -0.1) is 0 Å². The van der Waals surface area contributed by atoms with Gasteiger partial charge in [-0.1, -0.05) is 6.07 Å². The highest BCUT2D eigenvalue weighted by molar-refractivity contribution is 9.10. The zero-order valence-corrected chi connectivity index (χ0v) is 13.0. The lowest BCUT2D eigenvalue weighted by Crippen LogP contribution is -2.47. The molecule has 1 heterocycles. The summed E-state index contributed by atoms with van der Waals surface area (Å²) in [4.78, 5) is 2.41. The zero-order valence-electron chi connectivity index (χ0n) is 11.4. The molecule has 0 radical (unpaired) electrons. The van der Waals surface area contributed by atoms with Crippen LogP contribution in [0.5, 0.6) is 5.75 Å². The van der Waals surface area contributed by atoms with E-state index in [1.54, 1.807) is 7.11 Å². The first kappa shape index (κ1) is 14.8. The van der Waals surface area contributed by atoms with Crippen LogP contribution < -0.4 is 10.5 Å². The third kappa shape index (κ3) is 3.28.